The van der Waals surface area contributed by atoms with Gasteiger partial charge in [0.1, 0.15) is 5.75 Å². The van der Waals surface area contributed by atoms with Gasteiger partial charge in [-0.25, -0.2) is 0 Å². The van der Waals surface area contributed by atoms with Crippen molar-refractivity contribution in [1.29, 1.82) is 0 Å². The molecule has 0 aliphatic heterocycles. The van der Waals surface area contributed by atoms with Gasteiger partial charge in [-0.1, -0.05) is 0 Å². The van der Waals surface area contributed by atoms with Crippen LogP contribution in [0.3, 0.4) is 0 Å². The zero-order valence-electron chi connectivity index (χ0n) is 9.52. The molecule has 0 heterocycles. The molecule has 0 aromatic heterocycles. The lowest BCUT2D eigenvalue weighted by molar-refractivity contribution is 0.113. The van der Waals surface area contributed by atoms with Gasteiger partial charge in [-0.15, -0.1) is 11.8 Å². The first-order valence-electron chi connectivity index (χ1n) is 5.31. The number of hydrogen-bond acceptors (Lipinski definition) is 4. The molecular formula is C12H18O3S. The number of hydrogen-bond donors (Lipinski definition) is 1. The van der Waals surface area contributed by atoms with Crippen molar-refractivity contribution in [2.45, 2.75) is 11.3 Å². The summed E-state index contributed by atoms with van der Waals surface area (Å²) in [4.78, 5) is 1.15. The minimum Gasteiger partial charge on any atom is -0.508 e. The molecule has 0 unspecified atom stereocenters. The van der Waals surface area contributed by atoms with Crippen LogP contribution >= 0.6 is 11.8 Å². The van der Waals surface area contributed by atoms with Crippen LogP contribution in [0.25, 0.3) is 0 Å². The van der Waals surface area contributed by atoms with Crippen molar-refractivity contribution in [1.82, 2.24) is 0 Å². The van der Waals surface area contributed by atoms with Crippen LogP contribution in [0.2, 0.25) is 0 Å². The van der Waals surface area contributed by atoms with E-state index in [2.05, 4.69) is 0 Å². The van der Waals surface area contributed by atoms with E-state index in [1.54, 1.807) is 31.0 Å². The SMILES string of the molecule is COCCCOCCSc1ccc(O)cc1. The predicted octanol–water partition coefficient (Wildman–Crippen LogP) is 2.54. The summed E-state index contributed by atoms with van der Waals surface area (Å²) in [5, 5.41) is 9.10. The summed E-state index contributed by atoms with van der Waals surface area (Å²) >= 11 is 1.73. The van der Waals surface area contributed by atoms with E-state index in [-0.39, 0.29) is 0 Å². The second-order valence-electron chi connectivity index (χ2n) is 3.30. The fourth-order valence-electron chi connectivity index (χ4n) is 1.17. The monoisotopic (exact) mass is 242 g/mol. The molecule has 0 saturated heterocycles. The van der Waals surface area contributed by atoms with Crippen molar-refractivity contribution in [2.24, 2.45) is 0 Å². The maximum atomic E-state index is 9.10. The van der Waals surface area contributed by atoms with Gasteiger partial charge >= 0.3 is 0 Å². The molecule has 0 spiro atoms. The van der Waals surface area contributed by atoms with Gasteiger partial charge in [-0.05, 0) is 30.7 Å². The van der Waals surface area contributed by atoms with Crippen molar-refractivity contribution in [3.63, 3.8) is 0 Å². The predicted molar refractivity (Wildman–Crippen MR) is 66.1 cm³/mol. The third-order valence-electron chi connectivity index (χ3n) is 1.97. The Morgan fingerprint density at radius 1 is 1.12 bits per heavy atom. The van der Waals surface area contributed by atoms with E-state index in [1.165, 1.54) is 0 Å². The molecule has 90 valence electrons. The second-order valence-corrected chi connectivity index (χ2v) is 4.47. The molecule has 0 amide bonds. The summed E-state index contributed by atoms with van der Waals surface area (Å²) in [5.41, 5.74) is 0. The molecule has 1 aromatic rings. The Balaban J connectivity index is 2.01. The summed E-state index contributed by atoms with van der Waals surface area (Å²) < 4.78 is 10.4. The van der Waals surface area contributed by atoms with Crippen LogP contribution in [-0.2, 0) is 9.47 Å². The zero-order chi connectivity index (χ0) is 11.6. The van der Waals surface area contributed by atoms with E-state index in [0.29, 0.717) is 5.75 Å². The minimum absolute atomic E-state index is 0.306. The lowest BCUT2D eigenvalue weighted by atomic mass is 10.3. The number of phenolic OH excluding ortho intramolecular Hbond substituents is 1. The number of phenols is 1. The first-order chi connectivity index (χ1) is 7.83. The van der Waals surface area contributed by atoms with E-state index in [9.17, 15) is 0 Å². The highest BCUT2D eigenvalue weighted by molar-refractivity contribution is 7.99. The van der Waals surface area contributed by atoms with Crippen molar-refractivity contribution in [3.8, 4) is 5.75 Å². The zero-order valence-corrected chi connectivity index (χ0v) is 10.3. The fourth-order valence-corrected chi connectivity index (χ4v) is 1.93. The van der Waals surface area contributed by atoms with E-state index >= 15 is 0 Å². The largest absolute Gasteiger partial charge is 0.508 e. The van der Waals surface area contributed by atoms with E-state index in [0.717, 1.165) is 36.9 Å². The van der Waals surface area contributed by atoms with Gasteiger partial charge in [0, 0.05) is 31.0 Å². The van der Waals surface area contributed by atoms with Gasteiger partial charge in [-0.3, -0.25) is 0 Å². The third-order valence-corrected chi connectivity index (χ3v) is 2.95. The Bertz CT molecular complexity index is 274. The molecule has 1 N–H and O–H groups in total. The maximum absolute atomic E-state index is 9.10. The molecule has 16 heavy (non-hydrogen) atoms. The highest BCUT2D eigenvalue weighted by atomic mass is 32.2. The Kier molecular flexibility index (Phi) is 7.05. The molecule has 0 fully saturated rings. The standard InChI is InChI=1S/C12H18O3S/c1-14-7-2-8-15-9-10-16-12-5-3-11(13)4-6-12/h3-6,13H,2,7-10H2,1H3. The van der Waals surface area contributed by atoms with Gasteiger partial charge in [-0.2, -0.15) is 0 Å². The van der Waals surface area contributed by atoms with E-state index in [4.69, 9.17) is 14.6 Å². The maximum Gasteiger partial charge on any atom is 0.115 e. The van der Waals surface area contributed by atoms with Crippen LogP contribution < -0.4 is 0 Å². The first-order valence-corrected chi connectivity index (χ1v) is 6.30. The second kappa shape index (κ2) is 8.44. The summed E-state index contributed by atoms with van der Waals surface area (Å²) in [7, 11) is 1.70. The highest BCUT2D eigenvalue weighted by Crippen LogP contribution is 2.20. The molecule has 4 heteroatoms. The summed E-state index contributed by atoms with van der Waals surface area (Å²) in [6.45, 7) is 2.25. The number of aromatic hydroxyl groups is 1. The average molecular weight is 242 g/mol. The molecule has 1 rings (SSSR count). The molecule has 0 saturated carbocycles. The smallest absolute Gasteiger partial charge is 0.115 e. The Morgan fingerprint density at radius 3 is 2.56 bits per heavy atom. The number of methoxy groups -OCH3 is 1. The topological polar surface area (TPSA) is 38.7 Å². The Labute approximate surface area is 101 Å². The molecule has 0 aliphatic rings. The highest BCUT2D eigenvalue weighted by Gasteiger charge is 1.94. The van der Waals surface area contributed by atoms with Gasteiger partial charge in [0.05, 0.1) is 6.61 Å². The van der Waals surface area contributed by atoms with Crippen molar-refractivity contribution in [3.05, 3.63) is 24.3 Å². The molecule has 1 aromatic carbocycles. The van der Waals surface area contributed by atoms with Crippen LogP contribution in [0.4, 0.5) is 0 Å². The van der Waals surface area contributed by atoms with Crippen LogP contribution in [0, 0.1) is 0 Å². The molecule has 0 aliphatic carbocycles. The molecule has 0 atom stereocenters. The quantitative estimate of drug-likeness (QED) is 0.561. The fraction of sp³-hybridized carbons (Fsp3) is 0.500. The average Bonchev–Trinajstić information content (AvgIpc) is 2.30. The lowest BCUT2D eigenvalue weighted by Gasteiger charge is -2.04. The van der Waals surface area contributed by atoms with E-state index in [1.807, 2.05) is 12.1 Å². The Morgan fingerprint density at radius 2 is 1.88 bits per heavy atom. The minimum atomic E-state index is 0.306. The van der Waals surface area contributed by atoms with Crippen LogP contribution in [0.1, 0.15) is 6.42 Å². The molecule has 0 radical (unpaired) electrons. The number of thioether (sulfide) groups is 1. The van der Waals surface area contributed by atoms with Gasteiger partial charge in [0.25, 0.3) is 0 Å². The lowest BCUT2D eigenvalue weighted by Crippen LogP contribution is -2.01. The third kappa shape index (κ3) is 6.00. The van der Waals surface area contributed by atoms with Gasteiger partial charge in [0.15, 0.2) is 0 Å². The molecular weight excluding hydrogens is 224 g/mol. The van der Waals surface area contributed by atoms with Crippen molar-refractivity contribution >= 4 is 11.8 Å². The van der Waals surface area contributed by atoms with Crippen LogP contribution in [0.15, 0.2) is 29.2 Å². The summed E-state index contributed by atoms with van der Waals surface area (Å²) in [5.74, 6) is 1.23. The number of ether oxygens (including phenoxy) is 2. The normalized spacial score (nSPS) is 10.6. The molecule has 3 nitrogen and oxygen atoms in total. The van der Waals surface area contributed by atoms with Crippen LogP contribution in [0.5, 0.6) is 5.75 Å². The number of rotatable bonds is 8. The summed E-state index contributed by atoms with van der Waals surface area (Å²) in [6, 6.07) is 7.21. The molecule has 0 bridgehead atoms. The first kappa shape index (κ1) is 13.4. The van der Waals surface area contributed by atoms with Crippen LogP contribution in [-0.4, -0.2) is 37.8 Å². The summed E-state index contributed by atoms with van der Waals surface area (Å²) in [6.07, 6.45) is 0.945. The Hall–Kier alpha value is -0.710. The van der Waals surface area contributed by atoms with Gasteiger partial charge < -0.3 is 14.6 Å². The van der Waals surface area contributed by atoms with Crippen molar-refractivity contribution in [2.75, 3.05) is 32.7 Å². The van der Waals surface area contributed by atoms with E-state index < -0.39 is 0 Å². The van der Waals surface area contributed by atoms with Crippen molar-refractivity contribution < 1.29 is 14.6 Å². The van der Waals surface area contributed by atoms with Gasteiger partial charge in [0.2, 0.25) is 0 Å². The number of benzene rings is 1.